The van der Waals surface area contributed by atoms with Crippen LogP contribution in [0.5, 0.6) is 0 Å². The highest BCUT2D eigenvalue weighted by molar-refractivity contribution is 6.30. The predicted octanol–water partition coefficient (Wildman–Crippen LogP) is 1.09. The molecule has 16 heavy (non-hydrogen) atoms. The maximum Gasteiger partial charge on any atom is 0.343 e. The molecule has 1 heterocycles. The zero-order valence-electron chi connectivity index (χ0n) is 8.18. The highest BCUT2D eigenvalue weighted by Crippen LogP contribution is 2.17. The molecule has 0 spiro atoms. The molecule has 0 bridgehead atoms. The van der Waals surface area contributed by atoms with Crippen molar-refractivity contribution in [2.45, 2.75) is 6.54 Å². The second-order valence-electron chi connectivity index (χ2n) is 3.14. The first kappa shape index (κ1) is 10.6. The maximum atomic E-state index is 11.3. The first-order chi connectivity index (χ1) is 7.72. The van der Waals surface area contributed by atoms with Crippen LogP contribution in [0.15, 0.2) is 29.1 Å². The lowest BCUT2D eigenvalue weighted by Gasteiger charge is -2.01. The van der Waals surface area contributed by atoms with Crippen LogP contribution in [0.25, 0.3) is 11.4 Å². The Morgan fingerprint density at radius 2 is 2.06 bits per heavy atom. The smallest absolute Gasteiger partial charge is 0.301 e. The number of hydrogen-bond acceptors (Lipinski definition) is 3. The van der Waals surface area contributed by atoms with Gasteiger partial charge >= 0.3 is 5.69 Å². The van der Waals surface area contributed by atoms with Crippen molar-refractivity contribution in [3.05, 3.63) is 39.8 Å². The van der Waals surface area contributed by atoms with E-state index in [2.05, 4.69) is 10.2 Å². The number of nitrogens with zero attached hydrogens (tertiary/aromatic N) is 2. The topological polar surface area (TPSA) is 67.8 Å². The Labute approximate surface area is 95.7 Å². The van der Waals surface area contributed by atoms with Crippen LogP contribution >= 0.6 is 11.6 Å². The average Bonchev–Trinajstić information content (AvgIpc) is 2.63. The first-order valence-corrected chi connectivity index (χ1v) is 4.95. The van der Waals surface area contributed by atoms with E-state index in [1.54, 1.807) is 24.3 Å². The Bertz CT molecular complexity index is 556. The fourth-order valence-electron chi connectivity index (χ4n) is 1.38. The molecule has 2 aromatic rings. The van der Waals surface area contributed by atoms with Gasteiger partial charge in [0.15, 0.2) is 5.82 Å². The highest BCUT2D eigenvalue weighted by atomic mass is 35.5. The van der Waals surface area contributed by atoms with Crippen molar-refractivity contribution in [3.63, 3.8) is 0 Å². The van der Waals surface area contributed by atoms with Gasteiger partial charge in [-0.15, -0.1) is 0 Å². The van der Waals surface area contributed by atoms with Crippen molar-refractivity contribution in [2.75, 3.05) is 0 Å². The molecular formula is C10H8ClN3O2. The van der Waals surface area contributed by atoms with Crippen molar-refractivity contribution in [1.29, 1.82) is 0 Å². The summed E-state index contributed by atoms with van der Waals surface area (Å²) in [5, 5.41) is 6.76. The number of aldehydes is 1. The highest BCUT2D eigenvalue weighted by Gasteiger charge is 2.09. The number of hydrogen-bond donors (Lipinski definition) is 1. The fourth-order valence-corrected chi connectivity index (χ4v) is 1.51. The summed E-state index contributed by atoms with van der Waals surface area (Å²) >= 11 is 5.75. The average molecular weight is 238 g/mol. The molecule has 0 aliphatic rings. The van der Waals surface area contributed by atoms with E-state index in [0.29, 0.717) is 17.1 Å². The van der Waals surface area contributed by atoms with E-state index in [0.717, 1.165) is 5.56 Å². The zero-order chi connectivity index (χ0) is 11.5. The fraction of sp³-hybridized carbons (Fsp3) is 0.100. The van der Waals surface area contributed by atoms with Gasteiger partial charge in [-0.3, -0.25) is 4.57 Å². The molecule has 1 aromatic carbocycles. The minimum Gasteiger partial charge on any atom is -0.301 e. The molecule has 0 unspecified atom stereocenters. The van der Waals surface area contributed by atoms with Gasteiger partial charge in [0.05, 0.1) is 6.54 Å². The monoisotopic (exact) mass is 237 g/mol. The third-order valence-electron chi connectivity index (χ3n) is 2.12. The normalized spacial score (nSPS) is 10.3. The molecule has 0 amide bonds. The van der Waals surface area contributed by atoms with E-state index in [4.69, 9.17) is 11.6 Å². The minimum absolute atomic E-state index is 0.0205. The second kappa shape index (κ2) is 4.32. The number of nitrogens with one attached hydrogen (secondary N) is 1. The number of H-pyrrole nitrogens is 1. The molecule has 6 heteroatoms. The third kappa shape index (κ3) is 1.90. The lowest BCUT2D eigenvalue weighted by Crippen LogP contribution is -2.18. The molecule has 0 atom stereocenters. The Balaban J connectivity index is 2.51. The van der Waals surface area contributed by atoms with E-state index < -0.39 is 5.69 Å². The molecule has 82 valence electrons. The van der Waals surface area contributed by atoms with E-state index in [1.807, 2.05) is 0 Å². The molecule has 0 saturated carbocycles. The number of benzene rings is 1. The summed E-state index contributed by atoms with van der Waals surface area (Å²) in [6.45, 7) is -0.0205. The number of rotatable bonds is 3. The summed E-state index contributed by atoms with van der Waals surface area (Å²) in [5.41, 5.74) is 0.321. The van der Waals surface area contributed by atoms with Gasteiger partial charge < -0.3 is 4.79 Å². The largest absolute Gasteiger partial charge is 0.343 e. The Hall–Kier alpha value is -1.88. The van der Waals surface area contributed by atoms with Crippen LogP contribution in [0.1, 0.15) is 0 Å². The SMILES string of the molecule is O=CCn1c(-c2ccc(Cl)cc2)n[nH]c1=O. The zero-order valence-corrected chi connectivity index (χ0v) is 8.94. The van der Waals surface area contributed by atoms with Crippen LogP contribution in [0, 0.1) is 0 Å². The minimum atomic E-state index is -0.406. The standard InChI is InChI=1S/C10H8ClN3O2/c11-8-3-1-7(2-4-8)9-12-13-10(16)14(9)5-6-15/h1-4,6H,5H2,(H,13,16). The molecule has 0 radical (unpaired) electrons. The summed E-state index contributed by atoms with van der Waals surface area (Å²) < 4.78 is 1.26. The molecule has 1 N–H and O–H groups in total. The number of aromatic amines is 1. The quantitative estimate of drug-likeness (QED) is 0.813. The van der Waals surface area contributed by atoms with Crippen molar-refractivity contribution in [1.82, 2.24) is 14.8 Å². The van der Waals surface area contributed by atoms with Crippen LogP contribution in [0.2, 0.25) is 5.02 Å². The van der Waals surface area contributed by atoms with Gasteiger partial charge in [0.2, 0.25) is 0 Å². The van der Waals surface area contributed by atoms with Crippen LogP contribution in [-0.2, 0) is 11.3 Å². The molecule has 5 nitrogen and oxygen atoms in total. The van der Waals surface area contributed by atoms with E-state index in [-0.39, 0.29) is 6.54 Å². The molecule has 0 aliphatic heterocycles. The van der Waals surface area contributed by atoms with Crippen LogP contribution < -0.4 is 5.69 Å². The van der Waals surface area contributed by atoms with E-state index in [9.17, 15) is 9.59 Å². The van der Waals surface area contributed by atoms with Gasteiger partial charge in [0.25, 0.3) is 0 Å². The molecular weight excluding hydrogens is 230 g/mol. The molecule has 1 aromatic heterocycles. The van der Waals surface area contributed by atoms with Crippen LogP contribution in [0.4, 0.5) is 0 Å². The Morgan fingerprint density at radius 1 is 1.38 bits per heavy atom. The molecule has 0 aliphatic carbocycles. The predicted molar refractivity (Wildman–Crippen MR) is 59.4 cm³/mol. The summed E-state index contributed by atoms with van der Waals surface area (Å²) in [5.74, 6) is 0.425. The van der Waals surface area contributed by atoms with Gasteiger partial charge in [-0.2, -0.15) is 5.10 Å². The summed E-state index contributed by atoms with van der Waals surface area (Å²) in [7, 11) is 0. The van der Waals surface area contributed by atoms with Crippen molar-refractivity contribution >= 4 is 17.9 Å². The van der Waals surface area contributed by atoms with Crippen LogP contribution in [-0.4, -0.2) is 21.1 Å². The number of carbonyl (C=O) groups excluding carboxylic acids is 1. The molecule has 2 rings (SSSR count). The van der Waals surface area contributed by atoms with Gasteiger partial charge in [-0.1, -0.05) is 11.6 Å². The van der Waals surface area contributed by atoms with Crippen molar-refractivity contribution in [3.8, 4) is 11.4 Å². The molecule has 0 fully saturated rings. The Kier molecular flexibility index (Phi) is 2.87. The third-order valence-corrected chi connectivity index (χ3v) is 2.37. The van der Waals surface area contributed by atoms with Gasteiger partial charge in [-0.25, -0.2) is 9.89 Å². The van der Waals surface area contributed by atoms with Crippen molar-refractivity contribution < 1.29 is 4.79 Å². The first-order valence-electron chi connectivity index (χ1n) is 4.57. The lowest BCUT2D eigenvalue weighted by molar-refractivity contribution is -0.108. The number of aromatic nitrogens is 3. The van der Waals surface area contributed by atoms with Crippen LogP contribution in [0.3, 0.4) is 0 Å². The van der Waals surface area contributed by atoms with Gasteiger partial charge in [0, 0.05) is 10.6 Å². The van der Waals surface area contributed by atoms with Gasteiger partial charge in [-0.05, 0) is 24.3 Å². The van der Waals surface area contributed by atoms with E-state index >= 15 is 0 Å². The molecule has 0 saturated heterocycles. The van der Waals surface area contributed by atoms with Gasteiger partial charge in [0.1, 0.15) is 6.29 Å². The lowest BCUT2D eigenvalue weighted by atomic mass is 10.2. The van der Waals surface area contributed by atoms with Crippen molar-refractivity contribution in [2.24, 2.45) is 0 Å². The summed E-state index contributed by atoms with van der Waals surface area (Å²) in [6.07, 6.45) is 0.649. The van der Waals surface area contributed by atoms with E-state index in [1.165, 1.54) is 4.57 Å². The summed E-state index contributed by atoms with van der Waals surface area (Å²) in [6, 6.07) is 6.86. The number of carbonyl (C=O) groups is 1. The summed E-state index contributed by atoms with van der Waals surface area (Å²) in [4.78, 5) is 21.8. The second-order valence-corrected chi connectivity index (χ2v) is 3.57. The Morgan fingerprint density at radius 3 is 2.69 bits per heavy atom. The number of halogens is 1. The maximum absolute atomic E-state index is 11.3.